The van der Waals surface area contributed by atoms with Crippen LogP contribution < -0.4 is 5.73 Å². The molecule has 0 spiro atoms. The van der Waals surface area contributed by atoms with Crippen LogP contribution in [0.4, 0.5) is 13.2 Å². The highest BCUT2D eigenvalue weighted by Crippen LogP contribution is 2.32. The van der Waals surface area contributed by atoms with Gasteiger partial charge in [-0.2, -0.15) is 13.2 Å². The Morgan fingerprint density at radius 2 is 2.11 bits per heavy atom. The third-order valence-electron chi connectivity index (χ3n) is 2.38. The molecule has 0 radical (unpaired) electrons. The number of hydrogen-bond acceptors (Lipinski definition) is 2. The number of nitrogens with two attached hydrogens (primary N) is 1. The lowest BCUT2D eigenvalue weighted by molar-refractivity contribution is -0.137. The lowest BCUT2D eigenvalue weighted by Crippen LogP contribution is -2.15. The maximum Gasteiger partial charge on any atom is 0.417 e. The zero-order valence-electron chi connectivity index (χ0n) is 9.28. The van der Waals surface area contributed by atoms with E-state index in [2.05, 4.69) is 4.98 Å². The normalized spacial score (nSPS) is 11.6. The number of thiocarbonyl (C=S) groups is 1. The third-order valence-corrected chi connectivity index (χ3v) is 2.87. The Morgan fingerprint density at radius 1 is 1.42 bits per heavy atom. The number of hydrogen-bond donors (Lipinski definition) is 1. The molecule has 0 unspecified atom stereocenters. The van der Waals surface area contributed by atoms with Crippen LogP contribution in [-0.2, 0) is 6.18 Å². The Labute approximate surface area is 116 Å². The lowest BCUT2D eigenvalue weighted by Gasteiger charge is -2.11. The van der Waals surface area contributed by atoms with Crippen LogP contribution in [0, 0.1) is 0 Å². The van der Waals surface area contributed by atoms with Gasteiger partial charge in [0.05, 0.1) is 16.3 Å². The number of pyridine rings is 1. The predicted octanol–water partition coefficient (Wildman–Crippen LogP) is 3.18. The molecule has 100 valence electrons. The molecular formula is C11H7ClF3N3S. The first-order valence-electron chi connectivity index (χ1n) is 5.01. The molecule has 2 aromatic rings. The summed E-state index contributed by atoms with van der Waals surface area (Å²) in [6.45, 7) is 0. The standard InChI is InChI=1S/C11H7ClF3N3S/c12-7-4-6(11(13,14)15)5-17-10(7)18-3-1-2-8(18)9(16)19/h1-5H,(H2,16,19). The van der Waals surface area contributed by atoms with Gasteiger partial charge < -0.3 is 5.73 Å². The molecule has 2 N–H and O–H groups in total. The average molecular weight is 306 g/mol. The van der Waals surface area contributed by atoms with Crippen molar-refractivity contribution in [2.45, 2.75) is 6.18 Å². The fourth-order valence-electron chi connectivity index (χ4n) is 1.53. The monoisotopic (exact) mass is 305 g/mol. The molecule has 0 saturated heterocycles. The van der Waals surface area contributed by atoms with E-state index >= 15 is 0 Å². The van der Waals surface area contributed by atoms with E-state index in [1.54, 1.807) is 18.3 Å². The van der Waals surface area contributed by atoms with Gasteiger partial charge in [-0.05, 0) is 18.2 Å². The van der Waals surface area contributed by atoms with Gasteiger partial charge in [0.15, 0.2) is 5.82 Å². The van der Waals surface area contributed by atoms with E-state index in [1.807, 2.05) is 0 Å². The highest BCUT2D eigenvalue weighted by Gasteiger charge is 2.31. The van der Waals surface area contributed by atoms with E-state index in [9.17, 15) is 13.2 Å². The van der Waals surface area contributed by atoms with E-state index in [-0.39, 0.29) is 15.8 Å². The second-order valence-electron chi connectivity index (χ2n) is 3.65. The maximum absolute atomic E-state index is 12.5. The zero-order chi connectivity index (χ0) is 14.2. The van der Waals surface area contributed by atoms with E-state index < -0.39 is 11.7 Å². The summed E-state index contributed by atoms with van der Waals surface area (Å²) in [6.07, 6.45) is -2.21. The minimum absolute atomic E-state index is 0.0998. The fraction of sp³-hybridized carbons (Fsp3) is 0.0909. The minimum Gasteiger partial charge on any atom is -0.388 e. The van der Waals surface area contributed by atoms with Gasteiger partial charge in [0, 0.05) is 12.4 Å². The predicted molar refractivity (Wildman–Crippen MR) is 69.5 cm³/mol. The van der Waals surface area contributed by atoms with Crippen molar-refractivity contribution < 1.29 is 13.2 Å². The first kappa shape index (κ1) is 13.8. The summed E-state index contributed by atoms with van der Waals surface area (Å²) in [5, 5.41) is -0.136. The molecule has 0 aliphatic heterocycles. The van der Waals surface area contributed by atoms with Crippen molar-refractivity contribution in [3.8, 4) is 5.82 Å². The Balaban J connectivity index is 2.53. The third kappa shape index (κ3) is 2.71. The molecule has 8 heteroatoms. The van der Waals surface area contributed by atoms with Crippen molar-refractivity contribution in [2.75, 3.05) is 0 Å². The molecule has 2 aromatic heterocycles. The molecule has 0 aliphatic rings. The average Bonchev–Trinajstić information content (AvgIpc) is 2.76. The number of halogens is 4. The van der Waals surface area contributed by atoms with Crippen LogP contribution in [0.5, 0.6) is 0 Å². The first-order chi connectivity index (χ1) is 8.80. The lowest BCUT2D eigenvalue weighted by atomic mass is 10.2. The van der Waals surface area contributed by atoms with Gasteiger partial charge in [0.2, 0.25) is 0 Å². The summed E-state index contributed by atoms with van der Waals surface area (Å²) in [4.78, 5) is 3.83. The number of rotatable bonds is 2. The van der Waals surface area contributed by atoms with Crippen LogP contribution >= 0.6 is 23.8 Å². The Kier molecular flexibility index (Phi) is 3.51. The van der Waals surface area contributed by atoms with E-state index in [1.165, 1.54) is 4.57 Å². The van der Waals surface area contributed by atoms with Crippen molar-refractivity contribution in [1.82, 2.24) is 9.55 Å². The molecule has 0 saturated carbocycles. The molecule has 19 heavy (non-hydrogen) atoms. The van der Waals surface area contributed by atoms with E-state index in [4.69, 9.17) is 29.6 Å². The summed E-state index contributed by atoms with van der Waals surface area (Å²) in [5.74, 6) is 0.141. The SMILES string of the molecule is NC(=S)c1cccn1-c1ncc(C(F)(F)F)cc1Cl. The molecule has 0 fully saturated rings. The summed E-state index contributed by atoms with van der Waals surface area (Å²) < 4.78 is 38.9. The number of aromatic nitrogens is 2. The molecule has 0 bridgehead atoms. The van der Waals surface area contributed by atoms with Gasteiger partial charge in [-0.15, -0.1) is 0 Å². The Morgan fingerprint density at radius 3 is 2.63 bits per heavy atom. The zero-order valence-corrected chi connectivity index (χ0v) is 10.9. The van der Waals surface area contributed by atoms with Crippen molar-refractivity contribution in [1.29, 1.82) is 0 Å². The van der Waals surface area contributed by atoms with Crippen LogP contribution in [0.2, 0.25) is 5.02 Å². The van der Waals surface area contributed by atoms with Crippen LogP contribution in [0.3, 0.4) is 0 Å². The van der Waals surface area contributed by atoms with Crippen molar-refractivity contribution in [3.05, 3.63) is 46.9 Å². The van der Waals surface area contributed by atoms with Crippen LogP contribution in [0.15, 0.2) is 30.6 Å². The molecular weight excluding hydrogens is 299 g/mol. The van der Waals surface area contributed by atoms with Crippen LogP contribution in [0.25, 0.3) is 5.82 Å². The number of alkyl halides is 3. The quantitative estimate of drug-likeness (QED) is 0.867. The Bertz CT molecular complexity index is 636. The van der Waals surface area contributed by atoms with Crippen molar-refractivity contribution >= 4 is 28.8 Å². The summed E-state index contributed by atoms with van der Waals surface area (Å²) >= 11 is 10.7. The highest BCUT2D eigenvalue weighted by molar-refractivity contribution is 7.80. The second kappa shape index (κ2) is 4.82. The molecule has 0 amide bonds. The maximum atomic E-state index is 12.5. The van der Waals surface area contributed by atoms with Gasteiger partial charge in [0.25, 0.3) is 0 Å². The summed E-state index contributed by atoms with van der Waals surface area (Å²) in [5.41, 5.74) is 5.04. The largest absolute Gasteiger partial charge is 0.417 e. The first-order valence-corrected chi connectivity index (χ1v) is 5.79. The summed E-state index contributed by atoms with van der Waals surface area (Å²) in [6, 6.07) is 4.08. The van der Waals surface area contributed by atoms with Crippen molar-refractivity contribution in [2.24, 2.45) is 5.73 Å². The molecule has 2 rings (SSSR count). The van der Waals surface area contributed by atoms with E-state index in [0.29, 0.717) is 11.9 Å². The van der Waals surface area contributed by atoms with Gasteiger partial charge in [0.1, 0.15) is 4.99 Å². The molecule has 0 aromatic carbocycles. The van der Waals surface area contributed by atoms with Crippen LogP contribution in [0.1, 0.15) is 11.3 Å². The van der Waals surface area contributed by atoms with Gasteiger partial charge in [-0.1, -0.05) is 23.8 Å². The van der Waals surface area contributed by atoms with Crippen molar-refractivity contribution in [3.63, 3.8) is 0 Å². The summed E-state index contributed by atoms with van der Waals surface area (Å²) in [7, 11) is 0. The molecule has 2 heterocycles. The molecule has 0 atom stereocenters. The van der Waals surface area contributed by atoms with Gasteiger partial charge in [-0.3, -0.25) is 4.57 Å². The molecule has 3 nitrogen and oxygen atoms in total. The van der Waals surface area contributed by atoms with Gasteiger partial charge >= 0.3 is 6.18 Å². The smallest absolute Gasteiger partial charge is 0.388 e. The fourth-order valence-corrected chi connectivity index (χ4v) is 1.95. The van der Waals surface area contributed by atoms with Crippen LogP contribution in [-0.4, -0.2) is 14.5 Å². The van der Waals surface area contributed by atoms with E-state index in [0.717, 1.165) is 6.07 Å². The Hall–Kier alpha value is -1.60. The molecule has 0 aliphatic carbocycles. The second-order valence-corrected chi connectivity index (χ2v) is 4.50. The number of nitrogens with zero attached hydrogens (tertiary/aromatic N) is 2. The minimum atomic E-state index is -4.49. The topological polar surface area (TPSA) is 43.8 Å². The van der Waals surface area contributed by atoms with Gasteiger partial charge in [-0.25, -0.2) is 4.98 Å². The highest BCUT2D eigenvalue weighted by atomic mass is 35.5.